The van der Waals surface area contributed by atoms with E-state index in [0.717, 1.165) is 25.7 Å². The molecule has 92 valence electrons. The maximum Gasteiger partial charge on any atom is 0.240 e. The first-order chi connectivity index (χ1) is 7.44. The van der Waals surface area contributed by atoms with Gasteiger partial charge in [0.25, 0.3) is 0 Å². The molecule has 0 bridgehead atoms. The Bertz CT molecular complexity index is 282. The van der Waals surface area contributed by atoms with Gasteiger partial charge in [0.05, 0.1) is 5.54 Å². The van der Waals surface area contributed by atoms with E-state index in [0.29, 0.717) is 6.04 Å². The number of nitrogens with one attached hydrogen (secondary N) is 1. The van der Waals surface area contributed by atoms with Gasteiger partial charge < -0.3 is 11.1 Å². The Morgan fingerprint density at radius 1 is 1.19 bits per heavy atom. The highest BCUT2D eigenvalue weighted by atomic mass is 16.2. The van der Waals surface area contributed by atoms with E-state index in [2.05, 4.69) is 19.2 Å². The number of carbonyl (C=O) groups excluding carboxylic acids is 1. The number of carbonyl (C=O) groups is 1. The molecule has 3 heteroatoms. The third kappa shape index (κ3) is 2.10. The molecule has 0 aromatic heterocycles. The fraction of sp³-hybridized carbons (Fsp3) is 0.923. The highest BCUT2D eigenvalue weighted by molar-refractivity contribution is 5.87. The molecule has 2 saturated carbocycles. The number of hydrogen-bond acceptors (Lipinski definition) is 2. The second kappa shape index (κ2) is 4.02. The van der Waals surface area contributed by atoms with Crippen molar-refractivity contribution in [1.82, 2.24) is 5.32 Å². The van der Waals surface area contributed by atoms with Crippen molar-refractivity contribution in [2.45, 2.75) is 70.4 Å². The molecular weight excluding hydrogens is 200 g/mol. The van der Waals surface area contributed by atoms with Crippen molar-refractivity contribution >= 4 is 5.91 Å². The minimum absolute atomic E-state index is 0.0822. The normalized spacial score (nSPS) is 31.6. The maximum absolute atomic E-state index is 12.1. The summed E-state index contributed by atoms with van der Waals surface area (Å²) in [5.74, 6) is 0.0822. The molecule has 0 saturated heterocycles. The van der Waals surface area contributed by atoms with Crippen LogP contribution in [0.4, 0.5) is 0 Å². The van der Waals surface area contributed by atoms with Crippen molar-refractivity contribution in [2.24, 2.45) is 11.1 Å². The van der Waals surface area contributed by atoms with Gasteiger partial charge in [-0.3, -0.25) is 4.79 Å². The zero-order valence-electron chi connectivity index (χ0n) is 10.5. The Kier molecular flexibility index (Phi) is 2.99. The average Bonchev–Trinajstić information content (AvgIpc) is 2.17. The molecule has 0 aromatic carbocycles. The molecule has 0 aliphatic heterocycles. The molecule has 0 heterocycles. The van der Waals surface area contributed by atoms with Gasteiger partial charge in [0, 0.05) is 6.04 Å². The van der Waals surface area contributed by atoms with Gasteiger partial charge >= 0.3 is 0 Å². The van der Waals surface area contributed by atoms with Gasteiger partial charge in [-0.25, -0.2) is 0 Å². The Morgan fingerprint density at radius 3 is 2.38 bits per heavy atom. The standard InChI is InChI=1S/C13H24N2O/c1-12(2)7-4-3-6-10(12)15-11(16)13(14)8-5-9-13/h10H,3-9,14H2,1-2H3,(H,15,16). The van der Waals surface area contributed by atoms with Crippen LogP contribution in [-0.4, -0.2) is 17.5 Å². The van der Waals surface area contributed by atoms with E-state index in [4.69, 9.17) is 5.73 Å². The predicted octanol–water partition coefficient (Wildman–Crippen LogP) is 1.95. The molecule has 0 radical (unpaired) electrons. The van der Waals surface area contributed by atoms with Crippen LogP contribution in [0.3, 0.4) is 0 Å². The third-order valence-electron chi connectivity index (χ3n) is 4.51. The minimum Gasteiger partial charge on any atom is -0.351 e. The topological polar surface area (TPSA) is 55.1 Å². The van der Waals surface area contributed by atoms with Gasteiger partial charge in [-0.1, -0.05) is 26.7 Å². The van der Waals surface area contributed by atoms with Crippen LogP contribution in [0.2, 0.25) is 0 Å². The van der Waals surface area contributed by atoms with Gasteiger partial charge in [0.15, 0.2) is 0 Å². The average molecular weight is 224 g/mol. The highest BCUT2D eigenvalue weighted by Crippen LogP contribution is 2.36. The van der Waals surface area contributed by atoms with Crippen molar-refractivity contribution in [3.8, 4) is 0 Å². The lowest BCUT2D eigenvalue weighted by atomic mass is 9.72. The van der Waals surface area contributed by atoms with Gasteiger partial charge in [0.2, 0.25) is 5.91 Å². The van der Waals surface area contributed by atoms with E-state index in [1.54, 1.807) is 0 Å². The minimum atomic E-state index is -0.548. The summed E-state index contributed by atoms with van der Waals surface area (Å²) < 4.78 is 0. The zero-order valence-corrected chi connectivity index (χ0v) is 10.5. The molecule has 1 unspecified atom stereocenters. The molecule has 2 fully saturated rings. The fourth-order valence-corrected chi connectivity index (χ4v) is 2.85. The number of amides is 1. The maximum atomic E-state index is 12.1. The lowest BCUT2D eigenvalue weighted by Gasteiger charge is -2.43. The Balaban J connectivity index is 1.95. The SMILES string of the molecule is CC1(C)CCCCC1NC(=O)C1(N)CCC1. The molecule has 0 spiro atoms. The number of nitrogens with two attached hydrogens (primary N) is 1. The Labute approximate surface area is 98.2 Å². The number of hydrogen-bond donors (Lipinski definition) is 2. The predicted molar refractivity (Wildman–Crippen MR) is 64.9 cm³/mol. The summed E-state index contributed by atoms with van der Waals surface area (Å²) >= 11 is 0. The van der Waals surface area contributed by atoms with E-state index in [1.165, 1.54) is 19.3 Å². The second-order valence-corrected chi connectivity index (χ2v) is 6.27. The molecule has 1 atom stereocenters. The molecule has 2 aliphatic carbocycles. The summed E-state index contributed by atoms with van der Waals surface area (Å²) in [7, 11) is 0. The summed E-state index contributed by atoms with van der Waals surface area (Å²) in [5, 5.41) is 3.19. The smallest absolute Gasteiger partial charge is 0.240 e. The van der Waals surface area contributed by atoms with Crippen molar-refractivity contribution < 1.29 is 4.79 Å². The molecule has 2 aliphatic rings. The zero-order chi connectivity index (χ0) is 11.8. The second-order valence-electron chi connectivity index (χ2n) is 6.27. The van der Waals surface area contributed by atoms with E-state index < -0.39 is 5.54 Å². The van der Waals surface area contributed by atoms with E-state index in [9.17, 15) is 4.79 Å². The van der Waals surface area contributed by atoms with E-state index in [1.807, 2.05) is 0 Å². The quantitative estimate of drug-likeness (QED) is 0.753. The van der Waals surface area contributed by atoms with Crippen LogP contribution in [-0.2, 0) is 4.79 Å². The van der Waals surface area contributed by atoms with E-state index in [-0.39, 0.29) is 11.3 Å². The van der Waals surface area contributed by atoms with Gasteiger partial charge in [-0.15, -0.1) is 0 Å². The first kappa shape index (κ1) is 11.9. The Hall–Kier alpha value is -0.570. The Morgan fingerprint density at radius 2 is 1.88 bits per heavy atom. The lowest BCUT2D eigenvalue weighted by molar-refractivity contribution is -0.131. The molecule has 0 aromatic rings. The molecule has 16 heavy (non-hydrogen) atoms. The van der Waals surface area contributed by atoms with Crippen LogP contribution in [0.5, 0.6) is 0 Å². The molecule has 3 N–H and O–H groups in total. The summed E-state index contributed by atoms with van der Waals surface area (Å²) in [6.45, 7) is 4.50. The van der Waals surface area contributed by atoms with Crippen LogP contribution in [0, 0.1) is 5.41 Å². The van der Waals surface area contributed by atoms with Crippen LogP contribution in [0.25, 0.3) is 0 Å². The van der Waals surface area contributed by atoms with Gasteiger partial charge in [-0.2, -0.15) is 0 Å². The largest absolute Gasteiger partial charge is 0.351 e. The lowest BCUT2D eigenvalue weighted by Crippen LogP contribution is -2.62. The summed E-state index contributed by atoms with van der Waals surface area (Å²) in [6, 6.07) is 0.315. The van der Waals surface area contributed by atoms with Crippen molar-refractivity contribution in [2.75, 3.05) is 0 Å². The summed E-state index contributed by atoms with van der Waals surface area (Å²) in [4.78, 5) is 12.1. The molecule has 1 amide bonds. The molecule has 3 nitrogen and oxygen atoms in total. The van der Waals surface area contributed by atoms with Crippen molar-refractivity contribution in [3.05, 3.63) is 0 Å². The van der Waals surface area contributed by atoms with Crippen molar-refractivity contribution in [3.63, 3.8) is 0 Å². The molecular formula is C13H24N2O. The van der Waals surface area contributed by atoms with Crippen LogP contribution in [0.1, 0.15) is 58.8 Å². The van der Waals surface area contributed by atoms with Crippen LogP contribution < -0.4 is 11.1 Å². The summed E-state index contributed by atoms with van der Waals surface area (Å²) in [6.07, 6.45) is 7.62. The fourth-order valence-electron chi connectivity index (χ4n) is 2.85. The first-order valence-electron chi connectivity index (χ1n) is 6.54. The summed E-state index contributed by atoms with van der Waals surface area (Å²) in [5.41, 5.74) is 5.72. The van der Waals surface area contributed by atoms with E-state index >= 15 is 0 Å². The van der Waals surface area contributed by atoms with Gasteiger partial charge in [0.1, 0.15) is 0 Å². The van der Waals surface area contributed by atoms with Gasteiger partial charge in [-0.05, 0) is 37.5 Å². The van der Waals surface area contributed by atoms with Crippen molar-refractivity contribution in [1.29, 1.82) is 0 Å². The monoisotopic (exact) mass is 224 g/mol. The first-order valence-corrected chi connectivity index (χ1v) is 6.54. The number of rotatable bonds is 2. The van der Waals surface area contributed by atoms with Crippen LogP contribution in [0.15, 0.2) is 0 Å². The molecule has 2 rings (SSSR count). The van der Waals surface area contributed by atoms with Crippen LogP contribution >= 0.6 is 0 Å². The third-order valence-corrected chi connectivity index (χ3v) is 4.51. The highest BCUT2D eigenvalue weighted by Gasteiger charge is 2.43.